The molecule has 1 aliphatic rings. The van der Waals surface area contributed by atoms with Crippen molar-refractivity contribution in [3.63, 3.8) is 0 Å². The molecule has 4 aromatic rings. The van der Waals surface area contributed by atoms with Crippen LogP contribution in [-0.4, -0.2) is 33.9 Å². The van der Waals surface area contributed by atoms with E-state index in [1.54, 1.807) is 0 Å². The monoisotopic (exact) mass is 469 g/mol. The molecule has 9 heteroatoms. The summed E-state index contributed by atoms with van der Waals surface area (Å²) >= 11 is 0. The van der Waals surface area contributed by atoms with E-state index in [2.05, 4.69) is 9.97 Å². The molecule has 0 saturated heterocycles. The second-order valence-corrected chi connectivity index (χ2v) is 8.14. The fourth-order valence-corrected chi connectivity index (χ4v) is 4.10. The Morgan fingerprint density at radius 3 is 2.59 bits per heavy atom. The van der Waals surface area contributed by atoms with Crippen LogP contribution in [0.15, 0.2) is 54.6 Å². The average molecular weight is 469 g/mol. The van der Waals surface area contributed by atoms with E-state index >= 15 is 0 Å². The summed E-state index contributed by atoms with van der Waals surface area (Å²) in [6, 6.07) is 13.4. The first kappa shape index (κ1) is 21.9. The SMILES string of the molecule is Cc1nc2ccc(-c3ccc4c(c3)CN(C(=O)c3ccc(C(F)(F)F)cc3F)CCO4)cc2[nH]1. The van der Waals surface area contributed by atoms with Gasteiger partial charge in [0.15, 0.2) is 0 Å². The Bertz CT molecular complexity index is 1410. The van der Waals surface area contributed by atoms with Gasteiger partial charge < -0.3 is 14.6 Å². The van der Waals surface area contributed by atoms with E-state index in [1.165, 1.54) is 4.90 Å². The molecule has 1 aromatic heterocycles. The minimum atomic E-state index is -4.69. The molecule has 1 aliphatic heterocycles. The Balaban J connectivity index is 1.44. The summed E-state index contributed by atoms with van der Waals surface area (Å²) in [5, 5.41) is 0. The highest BCUT2D eigenvalue weighted by molar-refractivity contribution is 5.94. The minimum Gasteiger partial charge on any atom is -0.491 e. The van der Waals surface area contributed by atoms with Crippen LogP contribution in [0.3, 0.4) is 0 Å². The van der Waals surface area contributed by atoms with Gasteiger partial charge in [-0.3, -0.25) is 4.79 Å². The van der Waals surface area contributed by atoms with Crippen LogP contribution < -0.4 is 4.74 Å². The summed E-state index contributed by atoms with van der Waals surface area (Å²) in [6.45, 7) is 2.36. The number of carbonyl (C=O) groups excluding carboxylic acids is 1. The molecule has 0 spiro atoms. The van der Waals surface area contributed by atoms with Crippen LogP contribution >= 0.6 is 0 Å². The molecule has 34 heavy (non-hydrogen) atoms. The van der Waals surface area contributed by atoms with Crippen LogP contribution in [0.4, 0.5) is 17.6 Å². The molecular formula is C25H19F4N3O2. The highest BCUT2D eigenvalue weighted by Gasteiger charge is 2.32. The number of nitrogens with zero attached hydrogens (tertiary/aromatic N) is 2. The number of hydrogen-bond donors (Lipinski definition) is 1. The molecule has 0 radical (unpaired) electrons. The van der Waals surface area contributed by atoms with Gasteiger partial charge in [-0.15, -0.1) is 0 Å². The normalized spacial score (nSPS) is 14.0. The number of halogens is 4. The van der Waals surface area contributed by atoms with Crippen LogP contribution in [0.5, 0.6) is 5.75 Å². The largest absolute Gasteiger partial charge is 0.491 e. The van der Waals surface area contributed by atoms with E-state index in [9.17, 15) is 22.4 Å². The third kappa shape index (κ3) is 4.09. The average Bonchev–Trinajstić information content (AvgIpc) is 3.03. The molecule has 0 atom stereocenters. The summed E-state index contributed by atoms with van der Waals surface area (Å²) < 4.78 is 58.7. The van der Waals surface area contributed by atoms with Gasteiger partial charge in [0.05, 0.1) is 28.7 Å². The topological polar surface area (TPSA) is 58.2 Å². The number of nitrogens with one attached hydrogen (secondary N) is 1. The maximum Gasteiger partial charge on any atom is 0.416 e. The summed E-state index contributed by atoms with van der Waals surface area (Å²) in [7, 11) is 0. The quantitative estimate of drug-likeness (QED) is 0.382. The highest BCUT2D eigenvalue weighted by atomic mass is 19.4. The molecule has 2 heterocycles. The number of fused-ring (bicyclic) bond motifs is 2. The van der Waals surface area contributed by atoms with E-state index in [0.29, 0.717) is 17.9 Å². The zero-order valence-electron chi connectivity index (χ0n) is 18.0. The van der Waals surface area contributed by atoms with Crippen LogP contribution in [0.2, 0.25) is 0 Å². The molecule has 174 valence electrons. The zero-order chi connectivity index (χ0) is 24.0. The van der Waals surface area contributed by atoms with E-state index in [-0.39, 0.29) is 19.7 Å². The van der Waals surface area contributed by atoms with Crippen molar-refractivity contribution in [2.45, 2.75) is 19.6 Å². The number of aryl methyl sites for hydroxylation is 1. The second kappa shape index (κ2) is 8.16. The Hall–Kier alpha value is -3.88. The van der Waals surface area contributed by atoms with Gasteiger partial charge in [0.25, 0.3) is 5.91 Å². The number of hydrogen-bond acceptors (Lipinski definition) is 3. The first-order chi connectivity index (χ1) is 16.2. The first-order valence-corrected chi connectivity index (χ1v) is 10.6. The fraction of sp³-hybridized carbons (Fsp3) is 0.200. The minimum absolute atomic E-state index is 0.133. The molecule has 5 nitrogen and oxygen atoms in total. The molecule has 0 aliphatic carbocycles. The molecule has 0 bridgehead atoms. The Morgan fingerprint density at radius 1 is 1.06 bits per heavy atom. The fourth-order valence-electron chi connectivity index (χ4n) is 4.10. The van der Waals surface area contributed by atoms with Gasteiger partial charge in [-0.1, -0.05) is 12.1 Å². The Kier molecular flexibility index (Phi) is 5.27. The van der Waals surface area contributed by atoms with E-state index in [1.807, 2.05) is 43.3 Å². The molecule has 0 unspecified atom stereocenters. The van der Waals surface area contributed by atoms with Crippen LogP contribution in [0, 0.1) is 12.7 Å². The van der Waals surface area contributed by atoms with E-state index in [4.69, 9.17) is 4.74 Å². The van der Waals surface area contributed by atoms with Crippen LogP contribution in [-0.2, 0) is 12.7 Å². The molecule has 3 aromatic carbocycles. The second-order valence-electron chi connectivity index (χ2n) is 8.14. The van der Waals surface area contributed by atoms with Crippen molar-refractivity contribution in [3.05, 3.63) is 82.9 Å². The Morgan fingerprint density at radius 2 is 1.82 bits per heavy atom. The van der Waals surface area contributed by atoms with Crippen LogP contribution in [0.25, 0.3) is 22.2 Å². The third-order valence-corrected chi connectivity index (χ3v) is 5.79. The lowest BCUT2D eigenvalue weighted by Crippen LogP contribution is -2.33. The van der Waals surface area contributed by atoms with Crippen molar-refractivity contribution >= 4 is 16.9 Å². The van der Waals surface area contributed by atoms with Gasteiger partial charge in [-0.25, -0.2) is 9.37 Å². The lowest BCUT2D eigenvalue weighted by molar-refractivity contribution is -0.137. The van der Waals surface area contributed by atoms with Crippen molar-refractivity contribution in [2.75, 3.05) is 13.2 Å². The number of imidazole rings is 1. The molecular weight excluding hydrogens is 450 g/mol. The summed E-state index contributed by atoms with van der Waals surface area (Å²) in [6.07, 6.45) is -4.69. The Labute approximate surface area is 192 Å². The lowest BCUT2D eigenvalue weighted by atomic mass is 10.0. The number of aromatic nitrogens is 2. The van der Waals surface area contributed by atoms with Gasteiger partial charge in [0.2, 0.25) is 0 Å². The summed E-state index contributed by atoms with van der Waals surface area (Å²) in [5.41, 5.74) is 2.76. The van der Waals surface area contributed by atoms with E-state index < -0.39 is 29.0 Å². The number of rotatable bonds is 2. The van der Waals surface area contributed by atoms with Gasteiger partial charge in [0.1, 0.15) is 24.0 Å². The molecule has 0 fully saturated rings. The summed E-state index contributed by atoms with van der Waals surface area (Å²) in [5.74, 6) is -0.484. The lowest BCUT2D eigenvalue weighted by Gasteiger charge is -2.21. The van der Waals surface area contributed by atoms with Gasteiger partial charge in [-0.2, -0.15) is 13.2 Å². The third-order valence-electron chi connectivity index (χ3n) is 5.79. The van der Waals surface area contributed by atoms with Crippen LogP contribution in [0.1, 0.15) is 27.3 Å². The van der Waals surface area contributed by atoms with Crippen molar-refractivity contribution < 1.29 is 27.1 Å². The van der Waals surface area contributed by atoms with Crippen molar-refractivity contribution in [2.24, 2.45) is 0 Å². The van der Waals surface area contributed by atoms with Crippen molar-refractivity contribution in [1.82, 2.24) is 14.9 Å². The van der Waals surface area contributed by atoms with E-state index in [0.717, 1.165) is 39.6 Å². The zero-order valence-corrected chi connectivity index (χ0v) is 18.0. The smallest absolute Gasteiger partial charge is 0.416 e. The van der Waals surface area contributed by atoms with Crippen molar-refractivity contribution in [1.29, 1.82) is 0 Å². The predicted octanol–water partition coefficient (Wildman–Crippen LogP) is 5.73. The standard InChI is InChI=1S/C25H19F4N3O2/c1-14-30-21-6-2-16(11-22(21)31-14)15-3-7-23-17(10-15)13-32(8-9-34-23)24(33)19-5-4-18(12-20(19)26)25(27,28)29/h2-7,10-12H,8-9,13H2,1H3,(H,30,31). The molecule has 1 N–H and O–H groups in total. The molecule has 5 rings (SSSR count). The highest BCUT2D eigenvalue weighted by Crippen LogP contribution is 2.33. The van der Waals surface area contributed by atoms with Crippen molar-refractivity contribution in [3.8, 4) is 16.9 Å². The van der Waals surface area contributed by atoms with Gasteiger partial charge in [0, 0.05) is 12.1 Å². The maximum atomic E-state index is 14.4. The number of ether oxygens (including phenoxy) is 1. The maximum absolute atomic E-state index is 14.4. The van der Waals surface area contributed by atoms with Gasteiger partial charge in [-0.05, 0) is 60.5 Å². The number of amides is 1. The molecule has 1 amide bonds. The number of benzene rings is 3. The summed E-state index contributed by atoms with van der Waals surface area (Å²) in [4.78, 5) is 22.0. The first-order valence-electron chi connectivity index (χ1n) is 10.6. The van der Waals surface area contributed by atoms with Gasteiger partial charge >= 0.3 is 6.18 Å². The number of alkyl halides is 3. The molecule has 0 saturated carbocycles. The number of carbonyl (C=O) groups is 1. The number of H-pyrrole nitrogens is 1. The predicted molar refractivity (Wildman–Crippen MR) is 118 cm³/mol. The number of aromatic amines is 1.